The van der Waals surface area contributed by atoms with Gasteiger partial charge in [0, 0.05) is 6.42 Å². The predicted molar refractivity (Wildman–Crippen MR) is 101 cm³/mol. The molecule has 23 heavy (non-hydrogen) atoms. The Labute approximate surface area is 145 Å². The second-order valence-electron chi connectivity index (χ2n) is 7.17. The summed E-state index contributed by atoms with van der Waals surface area (Å²) in [4.78, 5) is 11.7. The van der Waals surface area contributed by atoms with Gasteiger partial charge in [0.05, 0.1) is 0 Å². The molecule has 0 aromatic carbocycles. The second kappa shape index (κ2) is 16.1. The molecule has 0 fully saturated rings. The molecule has 0 aromatic heterocycles. The van der Waals surface area contributed by atoms with E-state index in [-0.39, 0.29) is 12.1 Å². The maximum absolute atomic E-state index is 11.7. The van der Waals surface area contributed by atoms with Crippen molar-refractivity contribution < 1.29 is 9.53 Å². The molecule has 0 radical (unpaired) electrons. The molecule has 0 saturated heterocycles. The van der Waals surface area contributed by atoms with Gasteiger partial charge in [0.15, 0.2) is 0 Å². The Morgan fingerprint density at radius 2 is 1.57 bits per heavy atom. The summed E-state index contributed by atoms with van der Waals surface area (Å²) in [5, 5.41) is 0. The maximum Gasteiger partial charge on any atom is 0.306 e. The summed E-state index contributed by atoms with van der Waals surface area (Å²) < 4.78 is 5.41. The number of hydrogen-bond acceptors (Lipinski definition) is 2. The van der Waals surface area contributed by atoms with Gasteiger partial charge in [0.1, 0.15) is 6.10 Å². The Morgan fingerprint density at radius 3 is 2.26 bits per heavy atom. The van der Waals surface area contributed by atoms with Crippen LogP contribution in [0.15, 0.2) is 12.2 Å². The van der Waals surface area contributed by atoms with Gasteiger partial charge in [-0.1, -0.05) is 78.2 Å². The summed E-state index contributed by atoms with van der Waals surface area (Å²) in [5.74, 6) is 0.765. The predicted octanol–water partition coefficient (Wildman–Crippen LogP) is 6.83. The van der Waals surface area contributed by atoms with Crippen molar-refractivity contribution in [2.24, 2.45) is 5.92 Å². The zero-order valence-electron chi connectivity index (χ0n) is 16.1. The number of ether oxygens (including phenoxy) is 1. The largest absolute Gasteiger partial charge is 0.458 e. The minimum Gasteiger partial charge on any atom is -0.458 e. The Balaban J connectivity index is 3.48. The van der Waals surface area contributed by atoms with E-state index in [2.05, 4.69) is 26.8 Å². The molecule has 0 aliphatic carbocycles. The number of carbonyl (C=O) groups excluding carboxylic acids is 1. The first-order chi connectivity index (χ1) is 11.1. The molecule has 2 nitrogen and oxygen atoms in total. The van der Waals surface area contributed by atoms with Gasteiger partial charge in [-0.2, -0.15) is 0 Å². The van der Waals surface area contributed by atoms with Crippen LogP contribution in [0.25, 0.3) is 0 Å². The van der Waals surface area contributed by atoms with E-state index in [0.29, 0.717) is 6.42 Å². The van der Waals surface area contributed by atoms with Crippen molar-refractivity contribution in [2.75, 3.05) is 0 Å². The van der Waals surface area contributed by atoms with Crippen LogP contribution in [-0.4, -0.2) is 12.1 Å². The second-order valence-corrected chi connectivity index (χ2v) is 7.17. The summed E-state index contributed by atoms with van der Waals surface area (Å²) >= 11 is 0. The van der Waals surface area contributed by atoms with Crippen molar-refractivity contribution in [1.29, 1.82) is 0 Å². The molecule has 0 spiro atoms. The van der Waals surface area contributed by atoms with Crippen molar-refractivity contribution in [2.45, 2.75) is 111 Å². The molecule has 0 saturated carbocycles. The van der Waals surface area contributed by atoms with Crippen molar-refractivity contribution in [3.8, 4) is 0 Å². The first-order valence-electron chi connectivity index (χ1n) is 9.92. The highest BCUT2D eigenvalue weighted by Crippen LogP contribution is 2.12. The van der Waals surface area contributed by atoms with E-state index in [1.54, 1.807) is 0 Å². The molecule has 0 aliphatic rings. The number of esters is 1. The van der Waals surface area contributed by atoms with Crippen LogP contribution in [0.5, 0.6) is 0 Å². The third-order valence-electron chi connectivity index (χ3n) is 4.11. The van der Waals surface area contributed by atoms with Crippen LogP contribution in [-0.2, 0) is 9.53 Å². The summed E-state index contributed by atoms with van der Waals surface area (Å²) in [6, 6.07) is 0. The number of unbranched alkanes of at least 4 members (excludes halogenated alkanes) is 8. The molecule has 136 valence electrons. The van der Waals surface area contributed by atoms with E-state index >= 15 is 0 Å². The van der Waals surface area contributed by atoms with E-state index in [0.717, 1.165) is 25.2 Å². The van der Waals surface area contributed by atoms with E-state index in [9.17, 15) is 4.79 Å². The summed E-state index contributed by atoms with van der Waals surface area (Å²) in [5.41, 5.74) is 0. The monoisotopic (exact) mass is 324 g/mol. The number of allylic oxidation sites excluding steroid dienone is 1. The Bertz CT molecular complexity index is 294. The van der Waals surface area contributed by atoms with E-state index in [4.69, 9.17) is 4.74 Å². The highest BCUT2D eigenvalue weighted by Gasteiger charge is 2.06. The molecule has 0 N–H and O–H groups in total. The summed E-state index contributed by atoms with van der Waals surface area (Å²) in [6.45, 7) is 8.73. The van der Waals surface area contributed by atoms with Crippen LogP contribution < -0.4 is 0 Å². The van der Waals surface area contributed by atoms with Gasteiger partial charge < -0.3 is 4.74 Å². The van der Waals surface area contributed by atoms with Gasteiger partial charge in [-0.15, -0.1) is 0 Å². The molecule has 0 amide bonds. The standard InChI is InChI=1S/C21H40O2/c1-5-6-7-8-11-14-17-20(4)23-21(22)18-15-12-9-10-13-16-19(2)3/h14,17,19-20H,5-13,15-16,18H2,1-4H3/b17-14-. The number of rotatable bonds is 15. The molecule has 0 aliphatic heterocycles. The highest BCUT2D eigenvalue weighted by atomic mass is 16.5. The van der Waals surface area contributed by atoms with Gasteiger partial charge in [0.2, 0.25) is 0 Å². The van der Waals surface area contributed by atoms with Crippen LogP contribution in [0.2, 0.25) is 0 Å². The Hall–Kier alpha value is -0.790. The van der Waals surface area contributed by atoms with Gasteiger partial charge in [-0.25, -0.2) is 0 Å². The third-order valence-corrected chi connectivity index (χ3v) is 4.11. The van der Waals surface area contributed by atoms with Gasteiger partial charge in [-0.05, 0) is 38.2 Å². The van der Waals surface area contributed by atoms with E-state index in [1.165, 1.54) is 51.4 Å². The fraction of sp³-hybridized carbons (Fsp3) is 0.857. The SMILES string of the molecule is CCCCCC/C=C\C(C)OC(=O)CCCCCCCC(C)C. The zero-order chi connectivity index (χ0) is 17.3. The molecule has 2 heteroatoms. The molecule has 0 bridgehead atoms. The lowest BCUT2D eigenvalue weighted by atomic mass is 10.0. The lowest BCUT2D eigenvalue weighted by molar-refractivity contribution is -0.146. The lowest BCUT2D eigenvalue weighted by Gasteiger charge is -2.09. The summed E-state index contributed by atoms with van der Waals surface area (Å²) in [7, 11) is 0. The van der Waals surface area contributed by atoms with Crippen LogP contribution in [0.1, 0.15) is 105 Å². The van der Waals surface area contributed by atoms with Gasteiger partial charge in [0.25, 0.3) is 0 Å². The molecule has 0 aromatic rings. The van der Waals surface area contributed by atoms with Crippen molar-refractivity contribution in [1.82, 2.24) is 0 Å². The van der Waals surface area contributed by atoms with Gasteiger partial charge >= 0.3 is 5.97 Å². The molecular formula is C21H40O2. The van der Waals surface area contributed by atoms with Crippen LogP contribution >= 0.6 is 0 Å². The van der Waals surface area contributed by atoms with Crippen molar-refractivity contribution in [3.05, 3.63) is 12.2 Å². The van der Waals surface area contributed by atoms with Crippen molar-refractivity contribution in [3.63, 3.8) is 0 Å². The molecular weight excluding hydrogens is 284 g/mol. The van der Waals surface area contributed by atoms with Crippen LogP contribution in [0.4, 0.5) is 0 Å². The smallest absolute Gasteiger partial charge is 0.306 e. The summed E-state index contributed by atoms with van der Waals surface area (Å²) in [6.07, 6.45) is 18.2. The lowest BCUT2D eigenvalue weighted by Crippen LogP contribution is -2.12. The molecule has 0 rings (SSSR count). The Kier molecular flexibility index (Phi) is 15.5. The zero-order valence-corrected chi connectivity index (χ0v) is 16.1. The minimum absolute atomic E-state index is 0.0460. The fourth-order valence-corrected chi connectivity index (χ4v) is 2.63. The quantitative estimate of drug-likeness (QED) is 0.187. The minimum atomic E-state index is -0.0836. The van der Waals surface area contributed by atoms with Crippen LogP contribution in [0, 0.1) is 5.92 Å². The molecule has 1 unspecified atom stereocenters. The molecule has 1 atom stereocenters. The highest BCUT2D eigenvalue weighted by molar-refractivity contribution is 5.69. The number of hydrogen-bond donors (Lipinski definition) is 0. The first kappa shape index (κ1) is 22.2. The van der Waals surface area contributed by atoms with Crippen LogP contribution in [0.3, 0.4) is 0 Å². The average Bonchev–Trinajstić information content (AvgIpc) is 2.49. The normalized spacial score (nSPS) is 12.9. The number of carbonyl (C=O) groups is 1. The average molecular weight is 325 g/mol. The topological polar surface area (TPSA) is 26.3 Å². The maximum atomic E-state index is 11.7. The Morgan fingerprint density at radius 1 is 0.913 bits per heavy atom. The van der Waals surface area contributed by atoms with E-state index in [1.807, 2.05) is 13.0 Å². The molecule has 0 heterocycles. The van der Waals surface area contributed by atoms with Gasteiger partial charge in [-0.3, -0.25) is 4.79 Å². The third kappa shape index (κ3) is 17.4. The van der Waals surface area contributed by atoms with Crippen molar-refractivity contribution >= 4 is 5.97 Å². The van der Waals surface area contributed by atoms with E-state index < -0.39 is 0 Å². The first-order valence-corrected chi connectivity index (χ1v) is 9.92. The fourth-order valence-electron chi connectivity index (χ4n) is 2.63.